The Morgan fingerprint density at radius 1 is 0.914 bits per heavy atom. The third kappa shape index (κ3) is 4.03. The van der Waals surface area contributed by atoms with Crippen LogP contribution in [0.1, 0.15) is 43.7 Å². The second-order valence-electron chi connectivity index (χ2n) is 9.17. The predicted molar refractivity (Wildman–Crippen MR) is 133 cm³/mol. The minimum absolute atomic E-state index is 0.0891. The van der Waals surface area contributed by atoms with E-state index in [0.29, 0.717) is 43.4 Å². The highest BCUT2D eigenvalue weighted by Gasteiger charge is 2.33. The zero-order valence-electron chi connectivity index (χ0n) is 20.6. The van der Waals surface area contributed by atoms with E-state index in [2.05, 4.69) is 38.1 Å². The van der Waals surface area contributed by atoms with Crippen molar-refractivity contribution < 1.29 is 23.8 Å². The van der Waals surface area contributed by atoms with Crippen molar-refractivity contribution in [3.63, 3.8) is 0 Å². The second kappa shape index (κ2) is 9.10. The van der Waals surface area contributed by atoms with Crippen LogP contribution < -0.4 is 9.47 Å². The van der Waals surface area contributed by atoms with Crippen LogP contribution in [0.15, 0.2) is 42.5 Å². The molecule has 0 aliphatic carbocycles. The highest BCUT2D eigenvalue weighted by atomic mass is 16.6. The number of benzene rings is 3. The highest BCUT2D eigenvalue weighted by molar-refractivity contribution is 5.98. The second-order valence-corrected chi connectivity index (χ2v) is 9.17. The summed E-state index contributed by atoms with van der Waals surface area (Å²) >= 11 is 0. The summed E-state index contributed by atoms with van der Waals surface area (Å²) in [5, 5.41) is 0. The fourth-order valence-corrected chi connectivity index (χ4v) is 5.17. The lowest BCUT2D eigenvalue weighted by Gasteiger charge is -2.23. The van der Waals surface area contributed by atoms with Gasteiger partial charge in [0.05, 0.1) is 19.1 Å². The molecule has 0 unspecified atom stereocenters. The van der Waals surface area contributed by atoms with Crippen LogP contribution in [0.25, 0.3) is 11.1 Å². The van der Waals surface area contributed by atoms with Crippen molar-refractivity contribution in [1.29, 1.82) is 0 Å². The number of carbonyl (C=O) groups excluding carboxylic acids is 2. The average Bonchev–Trinajstić information content (AvgIpc) is 3.33. The summed E-state index contributed by atoms with van der Waals surface area (Å²) < 4.78 is 16.5. The molecular formula is C29H29NO5. The van der Waals surface area contributed by atoms with Gasteiger partial charge in [-0.2, -0.15) is 0 Å². The molecule has 6 heteroatoms. The molecule has 0 saturated carbocycles. The number of para-hydroxylation sites is 1. The Kier molecular flexibility index (Phi) is 5.97. The van der Waals surface area contributed by atoms with E-state index < -0.39 is 0 Å². The number of ether oxygens (including phenoxy) is 3. The number of aryl methyl sites for hydroxylation is 1. The smallest absolute Gasteiger partial charge is 0.310 e. The Labute approximate surface area is 205 Å². The Morgan fingerprint density at radius 3 is 2.31 bits per heavy atom. The van der Waals surface area contributed by atoms with Crippen LogP contribution in [0.5, 0.6) is 11.5 Å². The summed E-state index contributed by atoms with van der Waals surface area (Å²) in [6.07, 6.45) is 0.185. The summed E-state index contributed by atoms with van der Waals surface area (Å²) in [7, 11) is 1.41. The monoisotopic (exact) mass is 471 g/mol. The van der Waals surface area contributed by atoms with Gasteiger partial charge in [0.1, 0.15) is 13.2 Å². The van der Waals surface area contributed by atoms with Gasteiger partial charge in [-0.3, -0.25) is 9.59 Å². The number of amides is 1. The molecule has 6 nitrogen and oxygen atoms in total. The van der Waals surface area contributed by atoms with Gasteiger partial charge in [0.15, 0.2) is 11.5 Å². The Balaban J connectivity index is 1.57. The van der Waals surface area contributed by atoms with Gasteiger partial charge in [-0.25, -0.2) is 0 Å². The molecule has 2 heterocycles. The minimum Gasteiger partial charge on any atom is -0.486 e. The van der Waals surface area contributed by atoms with Crippen molar-refractivity contribution in [3.05, 3.63) is 81.4 Å². The first kappa shape index (κ1) is 23.0. The molecule has 3 aromatic carbocycles. The molecule has 0 N–H and O–H groups in total. The lowest BCUT2D eigenvalue weighted by atomic mass is 9.84. The SMILES string of the molecule is COC(=O)Cc1c(C)c2c(c(C)c1-c1ccc(C)cc1)CN(C(=O)c1cccc3c1OCCO3)C2. The number of methoxy groups -OCH3 is 1. The van der Waals surface area contributed by atoms with Crippen LogP contribution in [-0.4, -0.2) is 37.1 Å². The largest absolute Gasteiger partial charge is 0.486 e. The zero-order chi connectivity index (χ0) is 24.7. The van der Waals surface area contributed by atoms with Crippen molar-refractivity contribution in [3.8, 4) is 22.6 Å². The first-order valence-corrected chi connectivity index (χ1v) is 11.8. The van der Waals surface area contributed by atoms with Gasteiger partial charge in [0.2, 0.25) is 0 Å². The number of hydrogen-bond donors (Lipinski definition) is 0. The van der Waals surface area contributed by atoms with Crippen molar-refractivity contribution in [2.45, 2.75) is 40.3 Å². The van der Waals surface area contributed by atoms with E-state index in [4.69, 9.17) is 14.2 Å². The van der Waals surface area contributed by atoms with Crippen molar-refractivity contribution in [2.75, 3.05) is 20.3 Å². The Morgan fingerprint density at radius 2 is 1.60 bits per heavy atom. The first-order valence-electron chi connectivity index (χ1n) is 11.8. The maximum Gasteiger partial charge on any atom is 0.310 e. The lowest BCUT2D eigenvalue weighted by molar-refractivity contribution is -0.139. The summed E-state index contributed by atoms with van der Waals surface area (Å²) in [4.78, 5) is 27.8. The topological polar surface area (TPSA) is 65.1 Å². The molecule has 3 aromatic rings. The van der Waals surface area contributed by atoms with Gasteiger partial charge >= 0.3 is 5.97 Å². The third-order valence-electron chi connectivity index (χ3n) is 7.07. The molecule has 0 saturated heterocycles. The van der Waals surface area contributed by atoms with Gasteiger partial charge in [-0.1, -0.05) is 35.9 Å². The molecule has 5 rings (SSSR count). The number of carbonyl (C=O) groups is 2. The normalized spacial score (nSPS) is 14.0. The van der Waals surface area contributed by atoms with E-state index in [0.717, 1.165) is 38.9 Å². The number of fused-ring (bicyclic) bond motifs is 2. The van der Waals surface area contributed by atoms with E-state index in [9.17, 15) is 9.59 Å². The summed E-state index contributed by atoms with van der Waals surface area (Å²) in [5.74, 6) is 0.752. The highest BCUT2D eigenvalue weighted by Crippen LogP contribution is 2.41. The minimum atomic E-state index is -0.278. The molecule has 0 bridgehead atoms. The molecule has 0 atom stereocenters. The van der Waals surface area contributed by atoms with Gasteiger partial charge in [0, 0.05) is 13.1 Å². The van der Waals surface area contributed by atoms with Crippen molar-refractivity contribution in [1.82, 2.24) is 4.90 Å². The van der Waals surface area contributed by atoms with Crippen LogP contribution in [0.2, 0.25) is 0 Å². The molecule has 1 amide bonds. The van der Waals surface area contributed by atoms with Crippen LogP contribution in [0, 0.1) is 20.8 Å². The Hall–Kier alpha value is -3.80. The van der Waals surface area contributed by atoms with Crippen LogP contribution in [0.3, 0.4) is 0 Å². The third-order valence-corrected chi connectivity index (χ3v) is 7.07. The molecule has 0 spiro atoms. The zero-order valence-corrected chi connectivity index (χ0v) is 20.6. The van der Waals surface area contributed by atoms with Crippen LogP contribution >= 0.6 is 0 Å². The Bertz CT molecular complexity index is 1330. The van der Waals surface area contributed by atoms with Gasteiger partial charge in [-0.15, -0.1) is 0 Å². The quantitative estimate of drug-likeness (QED) is 0.506. The van der Waals surface area contributed by atoms with E-state index in [-0.39, 0.29) is 18.3 Å². The van der Waals surface area contributed by atoms with Crippen molar-refractivity contribution >= 4 is 11.9 Å². The maximum absolute atomic E-state index is 13.6. The first-order chi connectivity index (χ1) is 16.9. The summed E-state index contributed by atoms with van der Waals surface area (Å²) in [6, 6.07) is 13.8. The standard InChI is InChI=1S/C29H29NO5/c1-17-8-10-20(11-9-17)27-19(3)24-16-30(15-23(24)18(2)22(27)14-26(31)33-4)29(32)21-6-5-7-25-28(21)35-13-12-34-25/h5-11H,12-16H2,1-4H3. The number of hydrogen-bond acceptors (Lipinski definition) is 5. The molecule has 0 fully saturated rings. The van der Waals surface area contributed by atoms with E-state index in [1.165, 1.54) is 12.7 Å². The molecular weight excluding hydrogens is 442 g/mol. The number of rotatable bonds is 4. The van der Waals surface area contributed by atoms with E-state index in [1.807, 2.05) is 24.0 Å². The summed E-state index contributed by atoms with van der Waals surface area (Å²) in [5.41, 5.74) is 9.14. The summed E-state index contributed by atoms with van der Waals surface area (Å²) in [6.45, 7) is 8.07. The van der Waals surface area contributed by atoms with Gasteiger partial charge in [-0.05, 0) is 71.8 Å². The molecule has 2 aliphatic heterocycles. The molecule has 180 valence electrons. The van der Waals surface area contributed by atoms with Crippen molar-refractivity contribution in [2.24, 2.45) is 0 Å². The molecule has 0 radical (unpaired) electrons. The number of esters is 1. The van der Waals surface area contributed by atoms with E-state index in [1.54, 1.807) is 6.07 Å². The van der Waals surface area contributed by atoms with Gasteiger partial charge < -0.3 is 19.1 Å². The van der Waals surface area contributed by atoms with Crippen LogP contribution in [-0.2, 0) is 29.0 Å². The average molecular weight is 472 g/mol. The molecule has 0 aromatic heterocycles. The van der Waals surface area contributed by atoms with Gasteiger partial charge in [0.25, 0.3) is 5.91 Å². The fraction of sp³-hybridized carbons (Fsp3) is 0.310. The predicted octanol–water partition coefficient (Wildman–Crippen LogP) is 4.92. The number of nitrogens with zero attached hydrogens (tertiary/aromatic N) is 1. The lowest BCUT2D eigenvalue weighted by Crippen LogP contribution is -2.27. The molecule has 35 heavy (non-hydrogen) atoms. The molecule has 2 aliphatic rings. The fourth-order valence-electron chi connectivity index (χ4n) is 5.17. The van der Waals surface area contributed by atoms with E-state index >= 15 is 0 Å². The maximum atomic E-state index is 13.6. The van der Waals surface area contributed by atoms with Crippen LogP contribution in [0.4, 0.5) is 0 Å².